The van der Waals surface area contributed by atoms with Gasteiger partial charge >= 0.3 is 5.97 Å². The summed E-state index contributed by atoms with van der Waals surface area (Å²) < 4.78 is 9.82. The van der Waals surface area contributed by atoms with Gasteiger partial charge in [0, 0.05) is 13.0 Å². The van der Waals surface area contributed by atoms with Crippen molar-refractivity contribution in [2.24, 2.45) is 0 Å². The van der Waals surface area contributed by atoms with Crippen molar-refractivity contribution >= 4 is 11.9 Å². The van der Waals surface area contributed by atoms with Crippen LogP contribution in [0.5, 0.6) is 0 Å². The summed E-state index contributed by atoms with van der Waals surface area (Å²) in [5.41, 5.74) is 3.22. The average molecular weight is 293 g/mol. The van der Waals surface area contributed by atoms with E-state index in [2.05, 4.69) is 5.32 Å². The number of carbonyl (C=O) groups excluding carboxylic acids is 2. The van der Waals surface area contributed by atoms with Crippen LogP contribution in [-0.4, -0.2) is 38.2 Å². The summed E-state index contributed by atoms with van der Waals surface area (Å²) >= 11 is 0. The van der Waals surface area contributed by atoms with Crippen LogP contribution in [0.1, 0.15) is 23.6 Å². The second-order valence-electron chi connectivity index (χ2n) is 4.85. The summed E-state index contributed by atoms with van der Waals surface area (Å²) in [5.74, 6) is -0.777. The van der Waals surface area contributed by atoms with Crippen LogP contribution in [0.3, 0.4) is 0 Å². The predicted molar refractivity (Wildman–Crippen MR) is 80.1 cm³/mol. The maximum absolute atomic E-state index is 11.9. The highest BCUT2D eigenvalue weighted by atomic mass is 16.5. The first-order valence-electron chi connectivity index (χ1n) is 6.99. The Morgan fingerprint density at radius 2 is 1.86 bits per heavy atom. The molecule has 0 aliphatic carbocycles. The lowest BCUT2D eigenvalue weighted by molar-refractivity contribution is -0.145. The summed E-state index contributed by atoms with van der Waals surface area (Å²) in [4.78, 5) is 23.6. The standard InChI is InChI=1S/C16H23NO4/c1-5-21-10-15(18)17-14(16(19)20-4)9-13-11(2)7-6-8-12(13)3/h6-8,14H,5,9-10H2,1-4H3,(H,17,18)/t14-/m1/s1. The van der Waals surface area contributed by atoms with E-state index in [1.54, 1.807) is 0 Å². The third kappa shape index (κ3) is 5.19. The second-order valence-corrected chi connectivity index (χ2v) is 4.85. The van der Waals surface area contributed by atoms with Crippen LogP contribution in [-0.2, 0) is 25.5 Å². The fourth-order valence-electron chi connectivity index (χ4n) is 2.14. The van der Waals surface area contributed by atoms with Gasteiger partial charge in [-0.3, -0.25) is 4.79 Å². The van der Waals surface area contributed by atoms with E-state index in [0.717, 1.165) is 16.7 Å². The summed E-state index contributed by atoms with van der Waals surface area (Å²) in [6, 6.07) is 5.23. The Labute approximate surface area is 125 Å². The van der Waals surface area contributed by atoms with Gasteiger partial charge in [-0.05, 0) is 37.5 Å². The Hall–Kier alpha value is -1.88. The van der Waals surface area contributed by atoms with Crippen LogP contribution < -0.4 is 5.32 Å². The van der Waals surface area contributed by atoms with E-state index in [1.165, 1.54) is 7.11 Å². The van der Waals surface area contributed by atoms with Gasteiger partial charge in [0.2, 0.25) is 5.91 Å². The third-order valence-corrected chi connectivity index (χ3v) is 3.31. The van der Waals surface area contributed by atoms with Gasteiger partial charge in [-0.15, -0.1) is 0 Å². The van der Waals surface area contributed by atoms with Crippen molar-refractivity contribution < 1.29 is 19.1 Å². The molecule has 1 N–H and O–H groups in total. The van der Waals surface area contributed by atoms with Gasteiger partial charge in [-0.1, -0.05) is 18.2 Å². The van der Waals surface area contributed by atoms with E-state index < -0.39 is 12.0 Å². The molecule has 0 aromatic heterocycles. The number of benzene rings is 1. The van der Waals surface area contributed by atoms with Crippen molar-refractivity contribution in [1.29, 1.82) is 0 Å². The predicted octanol–water partition coefficient (Wildman–Crippen LogP) is 1.54. The van der Waals surface area contributed by atoms with Crippen molar-refractivity contribution in [3.8, 4) is 0 Å². The molecule has 1 aromatic rings. The number of ether oxygens (including phenoxy) is 2. The molecule has 0 aliphatic rings. The first-order valence-corrected chi connectivity index (χ1v) is 6.99. The van der Waals surface area contributed by atoms with E-state index in [9.17, 15) is 9.59 Å². The Balaban J connectivity index is 2.84. The Bertz CT molecular complexity index is 479. The molecule has 1 amide bonds. The minimum atomic E-state index is -0.706. The van der Waals surface area contributed by atoms with Crippen LogP contribution in [0, 0.1) is 13.8 Å². The number of aryl methyl sites for hydroxylation is 2. The number of hydrogen-bond acceptors (Lipinski definition) is 4. The number of esters is 1. The van der Waals surface area contributed by atoms with Gasteiger partial charge in [0.25, 0.3) is 0 Å². The molecule has 0 heterocycles. The lowest BCUT2D eigenvalue weighted by atomic mass is 9.96. The van der Waals surface area contributed by atoms with E-state index in [4.69, 9.17) is 9.47 Å². The third-order valence-electron chi connectivity index (χ3n) is 3.31. The molecule has 21 heavy (non-hydrogen) atoms. The molecule has 0 unspecified atom stereocenters. The normalized spacial score (nSPS) is 11.8. The lowest BCUT2D eigenvalue weighted by Crippen LogP contribution is -2.44. The average Bonchev–Trinajstić information content (AvgIpc) is 2.47. The van der Waals surface area contributed by atoms with E-state index in [0.29, 0.717) is 13.0 Å². The molecule has 1 rings (SSSR count). The van der Waals surface area contributed by atoms with E-state index in [-0.39, 0.29) is 12.5 Å². The number of nitrogens with one attached hydrogen (secondary N) is 1. The highest BCUT2D eigenvalue weighted by Crippen LogP contribution is 2.16. The van der Waals surface area contributed by atoms with Crippen LogP contribution >= 0.6 is 0 Å². The highest BCUT2D eigenvalue weighted by Gasteiger charge is 2.23. The van der Waals surface area contributed by atoms with Crippen molar-refractivity contribution in [1.82, 2.24) is 5.32 Å². The fraction of sp³-hybridized carbons (Fsp3) is 0.500. The molecular weight excluding hydrogens is 270 g/mol. The van der Waals surface area contributed by atoms with Crippen molar-refractivity contribution in [2.75, 3.05) is 20.3 Å². The van der Waals surface area contributed by atoms with Crippen molar-refractivity contribution in [3.63, 3.8) is 0 Å². The molecule has 0 radical (unpaired) electrons. The quantitative estimate of drug-likeness (QED) is 0.775. The van der Waals surface area contributed by atoms with Crippen molar-refractivity contribution in [3.05, 3.63) is 34.9 Å². The maximum atomic E-state index is 11.9. The van der Waals surface area contributed by atoms with Gasteiger partial charge in [-0.25, -0.2) is 4.79 Å². The smallest absolute Gasteiger partial charge is 0.328 e. The minimum Gasteiger partial charge on any atom is -0.467 e. The zero-order valence-corrected chi connectivity index (χ0v) is 13.1. The monoisotopic (exact) mass is 293 g/mol. The molecule has 0 saturated carbocycles. The number of methoxy groups -OCH3 is 1. The topological polar surface area (TPSA) is 64.6 Å². The van der Waals surface area contributed by atoms with Crippen LogP contribution in [0.15, 0.2) is 18.2 Å². The van der Waals surface area contributed by atoms with Crippen LogP contribution in [0.2, 0.25) is 0 Å². The largest absolute Gasteiger partial charge is 0.467 e. The number of rotatable bonds is 7. The highest BCUT2D eigenvalue weighted by molar-refractivity contribution is 5.85. The molecule has 0 spiro atoms. The summed E-state index contributed by atoms with van der Waals surface area (Å²) in [6.07, 6.45) is 0.406. The molecule has 116 valence electrons. The first-order chi connectivity index (χ1) is 9.99. The van der Waals surface area contributed by atoms with Crippen LogP contribution in [0.25, 0.3) is 0 Å². The molecule has 0 aliphatic heterocycles. The number of amides is 1. The molecule has 1 atom stereocenters. The summed E-state index contributed by atoms with van der Waals surface area (Å²) in [7, 11) is 1.31. The molecular formula is C16H23NO4. The van der Waals surface area contributed by atoms with Crippen LogP contribution in [0.4, 0.5) is 0 Å². The SMILES string of the molecule is CCOCC(=O)N[C@H](Cc1c(C)cccc1C)C(=O)OC. The molecule has 0 bridgehead atoms. The van der Waals surface area contributed by atoms with Gasteiger partial charge < -0.3 is 14.8 Å². The molecule has 5 heteroatoms. The van der Waals surface area contributed by atoms with Gasteiger partial charge in [0.05, 0.1) is 7.11 Å². The van der Waals surface area contributed by atoms with Gasteiger partial charge in [0.1, 0.15) is 12.6 Å². The fourth-order valence-corrected chi connectivity index (χ4v) is 2.14. The molecule has 1 aromatic carbocycles. The van der Waals surface area contributed by atoms with Crippen molar-refractivity contribution in [2.45, 2.75) is 33.2 Å². The summed E-state index contributed by atoms with van der Waals surface area (Å²) in [6.45, 7) is 6.17. The Kier molecular flexibility index (Phi) is 6.88. The summed E-state index contributed by atoms with van der Waals surface area (Å²) in [5, 5.41) is 2.67. The maximum Gasteiger partial charge on any atom is 0.328 e. The number of hydrogen-bond donors (Lipinski definition) is 1. The molecule has 0 fully saturated rings. The van der Waals surface area contributed by atoms with Gasteiger partial charge in [0.15, 0.2) is 0 Å². The lowest BCUT2D eigenvalue weighted by Gasteiger charge is -2.19. The second kappa shape index (κ2) is 8.42. The number of carbonyl (C=O) groups is 2. The Morgan fingerprint density at radius 3 is 2.38 bits per heavy atom. The van der Waals surface area contributed by atoms with Gasteiger partial charge in [-0.2, -0.15) is 0 Å². The molecule has 0 saturated heterocycles. The van der Waals surface area contributed by atoms with E-state index >= 15 is 0 Å². The van der Waals surface area contributed by atoms with E-state index in [1.807, 2.05) is 39.0 Å². The zero-order valence-electron chi connectivity index (χ0n) is 13.1. The minimum absolute atomic E-state index is 0.0588. The molecule has 5 nitrogen and oxygen atoms in total. The first kappa shape index (κ1) is 17.2. The Morgan fingerprint density at radius 1 is 1.24 bits per heavy atom. The zero-order chi connectivity index (χ0) is 15.8.